The highest BCUT2D eigenvalue weighted by Gasteiger charge is 2.36. The minimum atomic E-state index is -4.57. The number of carbonyl (C=O) groups excluding carboxylic acids is 3. The lowest BCUT2D eigenvalue weighted by molar-refractivity contribution is -0.159. The molecule has 1 N–H and O–H groups in total. The first-order chi connectivity index (χ1) is 13.2. The molecule has 2 amide bonds. The van der Waals surface area contributed by atoms with Gasteiger partial charge in [-0.15, -0.1) is 0 Å². The summed E-state index contributed by atoms with van der Waals surface area (Å²) in [5, 5.41) is 2.35. The molecule has 0 saturated heterocycles. The van der Waals surface area contributed by atoms with Crippen LogP contribution in [-0.2, 0) is 25.3 Å². The summed E-state index contributed by atoms with van der Waals surface area (Å²) in [5.74, 6) is -1.96. The van der Waals surface area contributed by atoms with Crippen LogP contribution >= 0.6 is 0 Å². The molecule has 1 atom stereocenters. The molecule has 1 aliphatic heterocycles. The maximum Gasteiger partial charge on any atom is 0.416 e. The maximum absolute atomic E-state index is 12.9. The number of benzene rings is 1. The van der Waals surface area contributed by atoms with Gasteiger partial charge in [-0.2, -0.15) is 13.2 Å². The number of esters is 1. The van der Waals surface area contributed by atoms with E-state index in [1.54, 1.807) is 0 Å². The van der Waals surface area contributed by atoms with Crippen molar-refractivity contribution in [2.45, 2.75) is 51.3 Å². The molecule has 0 radical (unpaired) electrons. The van der Waals surface area contributed by atoms with Crippen LogP contribution < -0.4 is 10.2 Å². The number of anilines is 2. The number of halogens is 3. The predicted molar refractivity (Wildman–Crippen MR) is 94.6 cm³/mol. The van der Waals surface area contributed by atoms with E-state index in [1.165, 1.54) is 6.92 Å². The van der Waals surface area contributed by atoms with Crippen molar-refractivity contribution >= 4 is 29.2 Å². The minimum absolute atomic E-state index is 0.106. The van der Waals surface area contributed by atoms with E-state index in [9.17, 15) is 27.6 Å². The van der Waals surface area contributed by atoms with E-state index in [0.29, 0.717) is 0 Å². The summed E-state index contributed by atoms with van der Waals surface area (Å²) < 4.78 is 44.0. The molecule has 152 valence electrons. The monoisotopic (exact) mass is 398 g/mol. The van der Waals surface area contributed by atoms with Gasteiger partial charge in [0.1, 0.15) is 6.54 Å². The van der Waals surface area contributed by atoms with Crippen molar-refractivity contribution in [2.75, 3.05) is 16.8 Å². The van der Waals surface area contributed by atoms with Crippen LogP contribution in [0.3, 0.4) is 0 Å². The third-order valence-electron chi connectivity index (χ3n) is 5.04. The maximum atomic E-state index is 12.9. The van der Waals surface area contributed by atoms with Gasteiger partial charge in [0.05, 0.1) is 22.9 Å². The van der Waals surface area contributed by atoms with E-state index in [-0.39, 0.29) is 23.8 Å². The molecule has 0 aromatic heterocycles. The van der Waals surface area contributed by atoms with Gasteiger partial charge in [-0.05, 0) is 38.0 Å². The number of nitrogens with zero attached hydrogens (tertiary/aromatic N) is 1. The second-order valence-corrected chi connectivity index (χ2v) is 7.12. The molecule has 1 heterocycles. The van der Waals surface area contributed by atoms with Gasteiger partial charge in [0.15, 0.2) is 6.10 Å². The van der Waals surface area contributed by atoms with Crippen molar-refractivity contribution in [3.05, 3.63) is 23.8 Å². The summed E-state index contributed by atoms with van der Waals surface area (Å²) in [5.41, 5.74) is -0.902. The van der Waals surface area contributed by atoms with Gasteiger partial charge in [0, 0.05) is 0 Å². The lowest BCUT2D eigenvalue weighted by Crippen LogP contribution is -2.47. The summed E-state index contributed by atoms with van der Waals surface area (Å²) in [4.78, 5) is 38.0. The van der Waals surface area contributed by atoms with Gasteiger partial charge < -0.3 is 10.1 Å². The van der Waals surface area contributed by atoms with E-state index in [2.05, 4.69) is 5.32 Å². The van der Waals surface area contributed by atoms with E-state index < -0.39 is 35.6 Å². The van der Waals surface area contributed by atoms with E-state index in [0.717, 1.165) is 55.2 Å². The molecule has 1 saturated carbocycles. The molecule has 1 aliphatic carbocycles. The average Bonchev–Trinajstić information content (AvgIpc) is 2.66. The van der Waals surface area contributed by atoms with Gasteiger partial charge in [0.2, 0.25) is 5.91 Å². The van der Waals surface area contributed by atoms with Crippen molar-refractivity contribution in [3.8, 4) is 0 Å². The number of alkyl halides is 3. The van der Waals surface area contributed by atoms with Crippen LogP contribution in [0, 0.1) is 5.92 Å². The Morgan fingerprint density at radius 3 is 2.54 bits per heavy atom. The topological polar surface area (TPSA) is 75.7 Å². The van der Waals surface area contributed by atoms with Gasteiger partial charge in [-0.3, -0.25) is 19.3 Å². The Morgan fingerprint density at radius 1 is 1.21 bits per heavy atom. The Bertz CT molecular complexity index is 788. The van der Waals surface area contributed by atoms with E-state index >= 15 is 0 Å². The number of rotatable bonds is 3. The van der Waals surface area contributed by atoms with Crippen LogP contribution in [0.5, 0.6) is 0 Å². The van der Waals surface area contributed by atoms with Crippen LogP contribution in [-0.4, -0.2) is 30.4 Å². The molecular formula is C19H21F3N2O4. The third kappa shape index (κ3) is 4.28. The molecule has 0 spiro atoms. The highest BCUT2D eigenvalue weighted by Crippen LogP contribution is 2.37. The SMILES string of the molecule is CC(OC(=O)C1CCCCC1)C(=O)N1CC(=O)Nc2cc(C(F)(F)F)ccc21. The van der Waals surface area contributed by atoms with Crippen molar-refractivity contribution in [3.63, 3.8) is 0 Å². The van der Waals surface area contributed by atoms with Crippen molar-refractivity contribution in [2.24, 2.45) is 5.92 Å². The second-order valence-electron chi connectivity index (χ2n) is 7.12. The van der Waals surface area contributed by atoms with Crippen molar-refractivity contribution in [1.29, 1.82) is 0 Å². The number of fused-ring (bicyclic) bond motifs is 1. The lowest BCUT2D eigenvalue weighted by Gasteiger charge is -2.31. The first-order valence-corrected chi connectivity index (χ1v) is 9.20. The zero-order valence-electron chi connectivity index (χ0n) is 15.3. The van der Waals surface area contributed by atoms with Crippen LogP contribution in [0.15, 0.2) is 18.2 Å². The Kier molecular flexibility index (Phi) is 5.62. The Balaban J connectivity index is 1.76. The summed E-state index contributed by atoms with van der Waals surface area (Å²) in [6, 6.07) is 2.76. The molecule has 28 heavy (non-hydrogen) atoms. The molecule has 9 heteroatoms. The number of carbonyl (C=O) groups is 3. The van der Waals surface area contributed by atoms with Gasteiger partial charge in [-0.25, -0.2) is 0 Å². The normalized spacial score (nSPS) is 18.9. The Morgan fingerprint density at radius 2 is 1.89 bits per heavy atom. The van der Waals surface area contributed by atoms with Crippen molar-refractivity contribution < 1.29 is 32.3 Å². The smallest absolute Gasteiger partial charge is 0.416 e. The molecular weight excluding hydrogens is 377 g/mol. The van der Waals surface area contributed by atoms with Gasteiger partial charge in [-0.1, -0.05) is 19.3 Å². The molecule has 6 nitrogen and oxygen atoms in total. The van der Waals surface area contributed by atoms with Crippen LogP contribution in [0.1, 0.15) is 44.6 Å². The fourth-order valence-electron chi connectivity index (χ4n) is 3.54. The minimum Gasteiger partial charge on any atom is -0.452 e. The van der Waals surface area contributed by atoms with Crippen LogP contribution in [0.25, 0.3) is 0 Å². The molecule has 1 aromatic rings. The average molecular weight is 398 g/mol. The quantitative estimate of drug-likeness (QED) is 0.791. The highest BCUT2D eigenvalue weighted by molar-refractivity contribution is 6.11. The second kappa shape index (κ2) is 7.81. The number of nitrogens with one attached hydrogen (secondary N) is 1. The molecule has 3 rings (SSSR count). The summed E-state index contributed by atoms with van der Waals surface area (Å²) in [6.45, 7) is 1.04. The van der Waals surface area contributed by atoms with Crippen molar-refractivity contribution in [1.82, 2.24) is 0 Å². The molecule has 1 aromatic carbocycles. The largest absolute Gasteiger partial charge is 0.452 e. The summed E-state index contributed by atoms with van der Waals surface area (Å²) in [6.07, 6.45) is -1.35. The summed E-state index contributed by atoms with van der Waals surface area (Å²) in [7, 11) is 0. The van der Waals surface area contributed by atoms with E-state index in [1.807, 2.05) is 0 Å². The summed E-state index contributed by atoms with van der Waals surface area (Å²) >= 11 is 0. The molecule has 0 bridgehead atoms. The number of hydrogen-bond donors (Lipinski definition) is 1. The first kappa shape index (κ1) is 20.2. The molecule has 1 fully saturated rings. The Labute approximate surface area is 160 Å². The lowest BCUT2D eigenvalue weighted by atomic mass is 9.89. The van der Waals surface area contributed by atoms with E-state index in [4.69, 9.17) is 4.74 Å². The number of hydrogen-bond acceptors (Lipinski definition) is 4. The number of ether oxygens (including phenoxy) is 1. The zero-order chi connectivity index (χ0) is 20.5. The predicted octanol–water partition coefficient (Wildman–Crippen LogP) is 3.50. The molecule has 1 unspecified atom stereocenters. The molecule has 2 aliphatic rings. The standard InChI is InChI=1S/C19H21F3N2O4/c1-11(28-18(27)12-5-3-2-4-6-12)17(26)24-10-16(25)23-14-9-13(19(20,21)22)7-8-15(14)24/h7-9,11-12H,2-6,10H2,1H3,(H,23,25). The number of amides is 2. The first-order valence-electron chi connectivity index (χ1n) is 9.20. The third-order valence-corrected chi connectivity index (χ3v) is 5.04. The fraction of sp³-hybridized carbons (Fsp3) is 0.526. The zero-order valence-corrected chi connectivity index (χ0v) is 15.3. The van der Waals surface area contributed by atoms with Gasteiger partial charge in [0.25, 0.3) is 5.91 Å². The fourth-order valence-corrected chi connectivity index (χ4v) is 3.54. The Hall–Kier alpha value is -2.58. The van der Waals surface area contributed by atoms with Crippen LogP contribution in [0.4, 0.5) is 24.5 Å². The van der Waals surface area contributed by atoms with Gasteiger partial charge >= 0.3 is 12.1 Å². The highest BCUT2D eigenvalue weighted by atomic mass is 19.4. The van der Waals surface area contributed by atoms with Crippen LogP contribution in [0.2, 0.25) is 0 Å².